The predicted molar refractivity (Wildman–Crippen MR) is 68.2 cm³/mol. The summed E-state index contributed by atoms with van der Waals surface area (Å²) in [6.07, 6.45) is -0.0728. The minimum atomic E-state index is -1.44. The Hall–Kier alpha value is -2.03. The summed E-state index contributed by atoms with van der Waals surface area (Å²) in [6, 6.07) is 0.445. The smallest absolute Gasteiger partial charge is 0.151 e. The van der Waals surface area contributed by atoms with Crippen LogP contribution in [0.5, 0.6) is 0 Å². The van der Waals surface area contributed by atoms with Gasteiger partial charge >= 0.3 is 0 Å². The fourth-order valence-corrected chi connectivity index (χ4v) is 2.52. The Balaban J connectivity index is 2.17. The van der Waals surface area contributed by atoms with Crippen LogP contribution in [0.15, 0.2) is 30.0 Å². The van der Waals surface area contributed by atoms with Crippen molar-refractivity contribution in [2.24, 2.45) is 0 Å². The zero-order valence-corrected chi connectivity index (χ0v) is 10.3. The molecule has 0 bridgehead atoms. The summed E-state index contributed by atoms with van der Waals surface area (Å²) in [5, 5.41) is 28.8. The Kier molecular flexibility index (Phi) is 2.93. The van der Waals surface area contributed by atoms with E-state index in [1.807, 2.05) is 0 Å². The fraction of sp³-hybridized carbons (Fsp3) is 0.333. The van der Waals surface area contributed by atoms with Crippen LogP contribution in [-0.4, -0.2) is 48.7 Å². The standard InChI is InChI=1S/C12H13FN4O3/c13-7-5(3-18)10(19)11(20)9(7)17-4-16-8-6(17)1-2-15-12(8)14/h1-2,4,9-11,18-20H,3H2,(H2,14,15). The first kappa shape index (κ1) is 13.0. The maximum atomic E-state index is 14.2. The second kappa shape index (κ2) is 4.51. The number of aliphatic hydroxyl groups excluding tert-OH is 3. The second-order valence-electron chi connectivity index (χ2n) is 4.63. The number of nitrogens with two attached hydrogens (primary N) is 1. The van der Waals surface area contributed by atoms with Crippen LogP contribution in [0.1, 0.15) is 6.04 Å². The Bertz CT molecular complexity index is 699. The fourth-order valence-electron chi connectivity index (χ4n) is 2.52. The summed E-state index contributed by atoms with van der Waals surface area (Å²) < 4.78 is 15.6. The number of nitrogen functional groups attached to an aromatic ring is 1. The van der Waals surface area contributed by atoms with Crippen molar-refractivity contribution in [2.45, 2.75) is 18.2 Å². The molecule has 1 aliphatic carbocycles. The molecule has 106 valence electrons. The van der Waals surface area contributed by atoms with Gasteiger partial charge < -0.3 is 25.6 Å². The summed E-state index contributed by atoms with van der Waals surface area (Å²) in [4.78, 5) is 7.91. The van der Waals surface area contributed by atoms with Crippen LogP contribution in [-0.2, 0) is 0 Å². The van der Waals surface area contributed by atoms with Gasteiger partial charge in [-0.15, -0.1) is 0 Å². The molecule has 7 nitrogen and oxygen atoms in total. The van der Waals surface area contributed by atoms with E-state index in [0.29, 0.717) is 11.0 Å². The maximum Gasteiger partial charge on any atom is 0.151 e. The van der Waals surface area contributed by atoms with Crippen LogP contribution in [0.25, 0.3) is 11.0 Å². The van der Waals surface area contributed by atoms with Crippen molar-refractivity contribution in [3.8, 4) is 0 Å². The third kappa shape index (κ3) is 1.62. The van der Waals surface area contributed by atoms with Crippen molar-refractivity contribution in [1.82, 2.24) is 14.5 Å². The van der Waals surface area contributed by atoms with E-state index in [-0.39, 0.29) is 11.4 Å². The molecule has 2 aromatic rings. The average Bonchev–Trinajstić information content (AvgIpc) is 2.92. The topological polar surface area (TPSA) is 117 Å². The molecule has 5 N–H and O–H groups in total. The van der Waals surface area contributed by atoms with Crippen molar-refractivity contribution in [1.29, 1.82) is 0 Å². The van der Waals surface area contributed by atoms with Gasteiger partial charge in [0.2, 0.25) is 0 Å². The van der Waals surface area contributed by atoms with E-state index in [9.17, 15) is 14.6 Å². The minimum absolute atomic E-state index is 0.195. The second-order valence-corrected chi connectivity index (χ2v) is 4.63. The first-order valence-electron chi connectivity index (χ1n) is 5.98. The number of halogens is 1. The SMILES string of the molecule is Nc1nccc2c1ncn2C1C(F)=C(CO)C(O)C1O. The number of aliphatic hydroxyl groups is 3. The van der Waals surface area contributed by atoms with Crippen LogP contribution >= 0.6 is 0 Å². The first-order valence-corrected chi connectivity index (χ1v) is 5.98. The van der Waals surface area contributed by atoms with Gasteiger partial charge in [-0.2, -0.15) is 0 Å². The molecule has 3 unspecified atom stereocenters. The third-order valence-corrected chi connectivity index (χ3v) is 3.56. The lowest BCUT2D eigenvalue weighted by Crippen LogP contribution is -2.30. The number of aromatic nitrogens is 3. The number of anilines is 1. The van der Waals surface area contributed by atoms with Crippen molar-refractivity contribution in [2.75, 3.05) is 12.3 Å². The van der Waals surface area contributed by atoms with Gasteiger partial charge in [0.1, 0.15) is 29.6 Å². The number of hydrogen-bond acceptors (Lipinski definition) is 6. The molecule has 0 radical (unpaired) electrons. The van der Waals surface area contributed by atoms with E-state index < -0.39 is 30.7 Å². The van der Waals surface area contributed by atoms with Crippen LogP contribution in [0, 0.1) is 0 Å². The molecule has 0 saturated carbocycles. The molecule has 2 aromatic heterocycles. The average molecular weight is 280 g/mol. The zero-order valence-electron chi connectivity index (χ0n) is 10.3. The highest BCUT2D eigenvalue weighted by atomic mass is 19.1. The molecule has 2 heterocycles. The Labute approximate surface area is 112 Å². The molecule has 8 heteroatoms. The third-order valence-electron chi connectivity index (χ3n) is 3.56. The Morgan fingerprint density at radius 3 is 2.75 bits per heavy atom. The van der Waals surface area contributed by atoms with Gasteiger partial charge in [-0.25, -0.2) is 14.4 Å². The molecule has 20 heavy (non-hydrogen) atoms. The molecule has 3 atom stereocenters. The van der Waals surface area contributed by atoms with Crippen molar-refractivity contribution >= 4 is 16.9 Å². The van der Waals surface area contributed by atoms with E-state index in [0.717, 1.165) is 0 Å². The first-order chi connectivity index (χ1) is 9.56. The predicted octanol–water partition coefficient (Wildman–Crippen LogP) is -0.494. The number of imidazole rings is 1. The molecule has 0 spiro atoms. The number of fused-ring (bicyclic) bond motifs is 1. The molecule has 0 aliphatic heterocycles. The number of rotatable bonds is 2. The summed E-state index contributed by atoms with van der Waals surface area (Å²) in [5.41, 5.74) is 6.33. The molecular weight excluding hydrogens is 267 g/mol. The molecule has 0 aromatic carbocycles. The van der Waals surface area contributed by atoms with Gasteiger partial charge in [-0.05, 0) is 6.07 Å². The molecule has 0 saturated heterocycles. The highest BCUT2D eigenvalue weighted by Gasteiger charge is 2.43. The highest BCUT2D eigenvalue weighted by molar-refractivity contribution is 5.84. The maximum absolute atomic E-state index is 14.2. The quantitative estimate of drug-likeness (QED) is 0.589. The molecule has 0 fully saturated rings. The van der Waals surface area contributed by atoms with Gasteiger partial charge in [0.15, 0.2) is 5.82 Å². The number of hydrogen-bond donors (Lipinski definition) is 4. The van der Waals surface area contributed by atoms with Crippen LogP contribution in [0.4, 0.5) is 10.2 Å². The van der Waals surface area contributed by atoms with E-state index in [1.165, 1.54) is 17.1 Å². The lowest BCUT2D eigenvalue weighted by molar-refractivity contribution is 0.0263. The summed E-state index contributed by atoms with van der Waals surface area (Å²) in [5.74, 6) is -0.566. The molecule has 3 rings (SSSR count). The van der Waals surface area contributed by atoms with Gasteiger partial charge in [0.05, 0.1) is 18.5 Å². The van der Waals surface area contributed by atoms with E-state index >= 15 is 0 Å². The summed E-state index contributed by atoms with van der Waals surface area (Å²) in [7, 11) is 0. The van der Waals surface area contributed by atoms with Gasteiger partial charge in [-0.3, -0.25) is 0 Å². The largest absolute Gasteiger partial charge is 0.392 e. The van der Waals surface area contributed by atoms with E-state index in [4.69, 9.17) is 10.8 Å². The van der Waals surface area contributed by atoms with Gasteiger partial charge in [0.25, 0.3) is 0 Å². The van der Waals surface area contributed by atoms with Gasteiger partial charge in [-0.1, -0.05) is 0 Å². The van der Waals surface area contributed by atoms with Gasteiger partial charge in [0, 0.05) is 11.8 Å². The summed E-state index contributed by atoms with van der Waals surface area (Å²) in [6.45, 7) is -0.656. The normalized spacial score (nSPS) is 26.7. The zero-order chi connectivity index (χ0) is 14.4. The van der Waals surface area contributed by atoms with Crippen LogP contribution < -0.4 is 5.73 Å². The molecule has 1 aliphatic rings. The lowest BCUT2D eigenvalue weighted by Gasteiger charge is -2.19. The van der Waals surface area contributed by atoms with Crippen molar-refractivity contribution in [3.63, 3.8) is 0 Å². The number of pyridine rings is 1. The summed E-state index contributed by atoms with van der Waals surface area (Å²) >= 11 is 0. The minimum Gasteiger partial charge on any atom is -0.392 e. The molecule has 0 amide bonds. The van der Waals surface area contributed by atoms with Crippen molar-refractivity contribution < 1.29 is 19.7 Å². The Morgan fingerprint density at radius 2 is 2.10 bits per heavy atom. The van der Waals surface area contributed by atoms with Crippen molar-refractivity contribution in [3.05, 3.63) is 30.0 Å². The van der Waals surface area contributed by atoms with E-state index in [2.05, 4.69) is 9.97 Å². The Morgan fingerprint density at radius 1 is 1.35 bits per heavy atom. The molecular formula is C12H13FN4O3. The monoisotopic (exact) mass is 280 g/mol. The lowest BCUT2D eigenvalue weighted by atomic mass is 10.1. The number of nitrogens with zero attached hydrogens (tertiary/aromatic N) is 3. The van der Waals surface area contributed by atoms with E-state index in [1.54, 1.807) is 6.07 Å². The van der Waals surface area contributed by atoms with Crippen LogP contribution in [0.2, 0.25) is 0 Å². The highest BCUT2D eigenvalue weighted by Crippen LogP contribution is 2.38. The van der Waals surface area contributed by atoms with Crippen LogP contribution in [0.3, 0.4) is 0 Å².